The Morgan fingerprint density at radius 2 is 1.70 bits per heavy atom. The zero-order valence-electron chi connectivity index (χ0n) is 22.6. The number of amides is 4. The van der Waals surface area contributed by atoms with Gasteiger partial charge in [0.2, 0.25) is 0 Å². The van der Waals surface area contributed by atoms with Gasteiger partial charge in [0.15, 0.2) is 17.4 Å². The number of piperidine rings is 1. The third kappa shape index (κ3) is 6.20. The molecule has 0 aromatic heterocycles. The number of ketones is 1. The fourth-order valence-corrected chi connectivity index (χ4v) is 5.10. The highest BCUT2D eigenvalue weighted by atomic mass is 19.2. The Labute approximate surface area is 231 Å². The summed E-state index contributed by atoms with van der Waals surface area (Å²) in [4.78, 5) is 54.4. The first-order valence-corrected chi connectivity index (χ1v) is 13.1. The van der Waals surface area contributed by atoms with Crippen LogP contribution in [0.25, 0.3) is 0 Å². The lowest BCUT2D eigenvalue weighted by Crippen LogP contribution is -2.55. The van der Waals surface area contributed by atoms with Crippen molar-refractivity contribution in [2.24, 2.45) is 5.92 Å². The van der Waals surface area contributed by atoms with Crippen LogP contribution < -0.4 is 10.6 Å². The maximum atomic E-state index is 14.1. The average Bonchev–Trinajstić information content (AvgIpc) is 2.94. The molecule has 2 aromatic carbocycles. The Bertz CT molecular complexity index is 1340. The molecule has 9 nitrogen and oxygen atoms in total. The number of rotatable bonds is 7. The molecule has 0 bridgehead atoms. The van der Waals surface area contributed by atoms with Crippen molar-refractivity contribution in [2.45, 2.75) is 32.7 Å². The van der Waals surface area contributed by atoms with Gasteiger partial charge in [0, 0.05) is 30.3 Å². The van der Waals surface area contributed by atoms with E-state index in [4.69, 9.17) is 4.74 Å². The molecule has 40 heavy (non-hydrogen) atoms. The summed E-state index contributed by atoms with van der Waals surface area (Å²) in [6, 6.07) is 7.50. The van der Waals surface area contributed by atoms with Crippen molar-refractivity contribution in [3.05, 3.63) is 82.1 Å². The van der Waals surface area contributed by atoms with Gasteiger partial charge in [-0.3, -0.25) is 4.79 Å². The highest BCUT2D eigenvalue weighted by Crippen LogP contribution is 2.35. The van der Waals surface area contributed by atoms with Crippen LogP contribution >= 0.6 is 0 Å². The van der Waals surface area contributed by atoms with E-state index >= 15 is 0 Å². The monoisotopic (exact) mass is 554 g/mol. The van der Waals surface area contributed by atoms with E-state index in [-0.39, 0.29) is 35.1 Å². The van der Waals surface area contributed by atoms with Gasteiger partial charge in [-0.2, -0.15) is 0 Å². The zero-order valence-corrected chi connectivity index (χ0v) is 22.6. The number of carbonyl (C=O) groups is 4. The van der Waals surface area contributed by atoms with E-state index in [0.717, 1.165) is 29.7 Å². The normalized spacial score (nSPS) is 18.4. The number of urea groups is 2. The van der Waals surface area contributed by atoms with Gasteiger partial charge < -0.3 is 20.3 Å². The van der Waals surface area contributed by atoms with Gasteiger partial charge in [-0.15, -0.1) is 0 Å². The van der Waals surface area contributed by atoms with Crippen LogP contribution in [0.5, 0.6) is 0 Å². The van der Waals surface area contributed by atoms with Gasteiger partial charge in [-0.1, -0.05) is 35.9 Å². The van der Waals surface area contributed by atoms with Crippen LogP contribution in [0.4, 0.5) is 18.4 Å². The second kappa shape index (κ2) is 12.4. The largest absolute Gasteiger partial charge is 0.466 e. The minimum absolute atomic E-state index is 0.0315. The Kier molecular flexibility index (Phi) is 8.93. The third-order valence-corrected chi connectivity index (χ3v) is 7.33. The van der Waals surface area contributed by atoms with Gasteiger partial charge in [0.05, 0.1) is 12.7 Å². The lowest BCUT2D eigenvalue weighted by Gasteiger charge is -2.36. The SMILES string of the molecule is COC(=O)C1=C(C)NC(=O)N(C(=O)NCCN2CCC(C(=O)c3ccc(C)cc3)CC2)C1c1ccc(F)c(F)c1. The molecule has 4 rings (SSSR count). The molecule has 1 fully saturated rings. The number of likely N-dealkylation sites (tertiary alicyclic amines) is 1. The highest BCUT2D eigenvalue weighted by molar-refractivity contribution is 6.01. The molecule has 2 N–H and O–H groups in total. The van der Waals surface area contributed by atoms with Gasteiger partial charge in [0.25, 0.3) is 0 Å². The summed E-state index contributed by atoms with van der Waals surface area (Å²) in [7, 11) is 1.14. The fourth-order valence-electron chi connectivity index (χ4n) is 5.10. The summed E-state index contributed by atoms with van der Waals surface area (Å²) < 4.78 is 32.6. The first-order valence-electron chi connectivity index (χ1n) is 13.1. The molecule has 2 aliphatic heterocycles. The second-order valence-corrected chi connectivity index (χ2v) is 9.98. The van der Waals surface area contributed by atoms with Crippen LogP contribution in [0.1, 0.15) is 47.3 Å². The number of methoxy groups -OCH3 is 1. The van der Waals surface area contributed by atoms with E-state index in [1.54, 1.807) is 0 Å². The predicted molar refractivity (Wildman–Crippen MR) is 142 cm³/mol. The van der Waals surface area contributed by atoms with Gasteiger partial charge >= 0.3 is 18.0 Å². The van der Waals surface area contributed by atoms with E-state index in [2.05, 4.69) is 15.5 Å². The molecular formula is C29H32F2N4O5. The number of nitrogens with zero attached hydrogens (tertiary/aromatic N) is 2. The fraction of sp³-hybridized carbons (Fsp3) is 0.379. The highest BCUT2D eigenvalue weighted by Gasteiger charge is 2.42. The van der Waals surface area contributed by atoms with Crippen molar-refractivity contribution in [2.75, 3.05) is 33.3 Å². The summed E-state index contributed by atoms with van der Waals surface area (Å²) in [6.45, 7) is 5.44. The Balaban J connectivity index is 1.40. The number of allylic oxidation sites excluding steroid dienone is 1. The molecule has 0 radical (unpaired) electrons. The quantitative estimate of drug-likeness (QED) is 0.394. The molecule has 11 heteroatoms. The number of imide groups is 1. The summed E-state index contributed by atoms with van der Waals surface area (Å²) >= 11 is 0. The molecular weight excluding hydrogens is 522 g/mol. The van der Waals surface area contributed by atoms with Crippen molar-refractivity contribution in [3.8, 4) is 0 Å². The summed E-state index contributed by atoms with van der Waals surface area (Å²) in [6.07, 6.45) is 1.39. The standard InChI is InChI=1S/C29H32F2N4O5/c1-17-4-6-19(7-5-17)26(36)20-10-13-34(14-11-20)15-12-32-28(38)35-25(21-8-9-22(30)23(31)16-21)24(27(37)40-3)18(2)33-29(35)39/h4-9,16,20,25H,10-15H2,1-3H3,(H,32,38)(H,33,39). The number of aryl methyl sites for hydroxylation is 1. The zero-order chi connectivity index (χ0) is 29.0. The maximum Gasteiger partial charge on any atom is 0.337 e. The minimum Gasteiger partial charge on any atom is -0.466 e. The van der Waals surface area contributed by atoms with Crippen LogP contribution in [0.3, 0.4) is 0 Å². The molecule has 2 heterocycles. The van der Waals surface area contributed by atoms with Crippen molar-refractivity contribution < 1.29 is 32.7 Å². The number of benzene rings is 2. The number of hydrogen-bond acceptors (Lipinski definition) is 6. The Morgan fingerprint density at radius 3 is 2.33 bits per heavy atom. The van der Waals surface area contributed by atoms with E-state index in [9.17, 15) is 28.0 Å². The average molecular weight is 555 g/mol. The van der Waals surface area contributed by atoms with Crippen LogP contribution in [-0.4, -0.2) is 66.9 Å². The lowest BCUT2D eigenvalue weighted by atomic mass is 9.88. The molecule has 2 aliphatic rings. The van der Waals surface area contributed by atoms with Crippen LogP contribution in [0.2, 0.25) is 0 Å². The predicted octanol–water partition coefficient (Wildman–Crippen LogP) is 4.09. The number of ether oxygens (including phenoxy) is 1. The van der Waals surface area contributed by atoms with Gasteiger partial charge in [0.1, 0.15) is 6.04 Å². The van der Waals surface area contributed by atoms with Crippen LogP contribution in [0, 0.1) is 24.5 Å². The van der Waals surface area contributed by atoms with E-state index in [1.807, 2.05) is 31.2 Å². The third-order valence-electron chi connectivity index (χ3n) is 7.33. The molecule has 0 saturated carbocycles. The topological polar surface area (TPSA) is 108 Å². The number of hydrogen-bond donors (Lipinski definition) is 2. The number of carbonyl (C=O) groups excluding carboxylic acids is 4. The van der Waals surface area contributed by atoms with E-state index in [0.29, 0.717) is 38.0 Å². The number of Topliss-reactive ketones (excluding diaryl/α,β-unsaturated/α-hetero) is 1. The Hall–Kier alpha value is -4.12. The van der Waals surface area contributed by atoms with Crippen molar-refractivity contribution >= 4 is 23.8 Å². The molecule has 1 atom stereocenters. The number of halogens is 2. The first-order chi connectivity index (χ1) is 19.1. The van der Waals surface area contributed by atoms with Crippen molar-refractivity contribution in [3.63, 3.8) is 0 Å². The molecule has 1 unspecified atom stereocenters. The Morgan fingerprint density at radius 1 is 1.02 bits per heavy atom. The molecule has 0 spiro atoms. The molecule has 2 aromatic rings. The molecule has 1 saturated heterocycles. The second-order valence-electron chi connectivity index (χ2n) is 9.98. The summed E-state index contributed by atoms with van der Waals surface area (Å²) in [5.74, 6) is -3.04. The first kappa shape index (κ1) is 28.9. The summed E-state index contributed by atoms with van der Waals surface area (Å²) in [5, 5.41) is 5.16. The summed E-state index contributed by atoms with van der Waals surface area (Å²) in [5.41, 5.74) is 1.90. The number of esters is 1. The molecule has 4 amide bonds. The molecule has 212 valence electrons. The minimum atomic E-state index is -1.33. The lowest BCUT2D eigenvalue weighted by molar-refractivity contribution is -0.136. The van der Waals surface area contributed by atoms with E-state index in [1.165, 1.54) is 13.0 Å². The number of nitrogens with one attached hydrogen (secondary N) is 2. The van der Waals surface area contributed by atoms with Gasteiger partial charge in [-0.25, -0.2) is 28.1 Å². The van der Waals surface area contributed by atoms with Crippen molar-refractivity contribution in [1.82, 2.24) is 20.4 Å². The van der Waals surface area contributed by atoms with E-state index < -0.39 is 35.7 Å². The van der Waals surface area contributed by atoms with Crippen LogP contribution in [0.15, 0.2) is 53.7 Å². The van der Waals surface area contributed by atoms with Crippen molar-refractivity contribution in [1.29, 1.82) is 0 Å². The molecule has 0 aliphatic carbocycles. The van der Waals surface area contributed by atoms with Crippen LogP contribution in [-0.2, 0) is 9.53 Å². The van der Waals surface area contributed by atoms with Gasteiger partial charge in [-0.05, 0) is 57.5 Å². The maximum absolute atomic E-state index is 14.1. The smallest absolute Gasteiger partial charge is 0.337 e.